The third-order valence-corrected chi connectivity index (χ3v) is 6.51. The molecular weight excluding hydrogens is 442 g/mol. The quantitative estimate of drug-likeness (QED) is 0.265. The summed E-state index contributed by atoms with van der Waals surface area (Å²) in [7, 11) is -1.91. The normalized spacial score (nSPS) is 14.7. The number of H-pyrrole nitrogens is 1. The Balaban J connectivity index is 1.30. The number of aromatic amines is 1. The fourth-order valence-corrected chi connectivity index (χ4v) is 4.89. The molecule has 0 fully saturated rings. The molecule has 3 aromatic rings. The van der Waals surface area contributed by atoms with Crippen LogP contribution in [0.2, 0.25) is 0 Å². The van der Waals surface area contributed by atoms with Crippen LogP contribution in [0.1, 0.15) is 35.8 Å². The summed E-state index contributed by atoms with van der Waals surface area (Å²) in [6.07, 6.45) is 5.50. The number of benzene rings is 2. The van der Waals surface area contributed by atoms with Crippen LogP contribution in [0.3, 0.4) is 0 Å². The van der Waals surface area contributed by atoms with Gasteiger partial charge in [0.05, 0.1) is 18.0 Å². The van der Waals surface area contributed by atoms with Crippen LogP contribution in [0.4, 0.5) is 5.69 Å². The van der Waals surface area contributed by atoms with E-state index < -0.39 is 10.0 Å². The smallest absolute Gasteiger partial charge is 0.229 e. The van der Waals surface area contributed by atoms with E-state index in [0.29, 0.717) is 19.7 Å². The minimum atomic E-state index is -3.50. The summed E-state index contributed by atoms with van der Waals surface area (Å²) in [5.74, 6) is 0.696. The van der Waals surface area contributed by atoms with Crippen molar-refractivity contribution in [3.8, 4) is 11.5 Å². The molecule has 0 aliphatic heterocycles. The molecule has 1 atom stereocenters. The number of methoxy groups -OCH3 is 1. The van der Waals surface area contributed by atoms with E-state index in [0.717, 1.165) is 35.9 Å². The number of phenols is 1. The first-order valence-electron chi connectivity index (χ1n) is 11.1. The fraction of sp³-hybridized carbons (Fsp3) is 0.417. The van der Waals surface area contributed by atoms with E-state index in [1.807, 2.05) is 6.07 Å². The van der Waals surface area contributed by atoms with Gasteiger partial charge in [-0.15, -0.1) is 0 Å². The first-order valence-corrected chi connectivity index (χ1v) is 13.0. The van der Waals surface area contributed by atoms with Crippen LogP contribution in [-0.2, 0) is 27.6 Å². The number of aromatic hydroxyl groups is 1. The van der Waals surface area contributed by atoms with E-state index in [2.05, 4.69) is 27.2 Å². The van der Waals surface area contributed by atoms with Gasteiger partial charge < -0.3 is 24.9 Å². The Kier molecular flexibility index (Phi) is 7.11. The zero-order valence-electron chi connectivity index (χ0n) is 19.0. The number of phenolic OH excluding ortho intramolecular Hbond substituents is 1. The molecule has 0 bridgehead atoms. The number of aromatic nitrogens is 1. The lowest BCUT2D eigenvalue weighted by molar-refractivity contribution is 0.101. The van der Waals surface area contributed by atoms with Crippen molar-refractivity contribution >= 4 is 26.6 Å². The van der Waals surface area contributed by atoms with Crippen LogP contribution in [0.25, 0.3) is 10.9 Å². The van der Waals surface area contributed by atoms with Crippen molar-refractivity contribution < 1.29 is 23.0 Å². The number of nitrogens with one attached hydrogen (secondary N) is 3. The summed E-state index contributed by atoms with van der Waals surface area (Å²) in [5.41, 5.74) is 4.83. The lowest BCUT2D eigenvalue weighted by Gasteiger charge is -2.18. The number of anilines is 1. The third kappa shape index (κ3) is 5.79. The monoisotopic (exact) mass is 473 g/mol. The number of hydrogen-bond acceptors (Lipinski definition) is 6. The highest BCUT2D eigenvalue weighted by atomic mass is 32.2. The molecule has 8 nitrogen and oxygen atoms in total. The summed E-state index contributed by atoms with van der Waals surface area (Å²) < 4.78 is 36.8. The van der Waals surface area contributed by atoms with Gasteiger partial charge in [-0.3, -0.25) is 4.72 Å². The number of rotatable bonds is 10. The maximum Gasteiger partial charge on any atom is 0.229 e. The molecule has 1 aromatic heterocycles. The Hall–Kier alpha value is -2.75. The van der Waals surface area contributed by atoms with E-state index in [1.165, 1.54) is 35.6 Å². The van der Waals surface area contributed by atoms with Crippen LogP contribution in [0.5, 0.6) is 11.5 Å². The number of hydrogen-bond donors (Lipinski definition) is 4. The highest BCUT2D eigenvalue weighted by Gasteiger charge is 2.16. The van der Waals surface area contributed by atoms with Crippen molar-refractivity contribution in [2.24, 2.45) is 0 Å². The maximum atomic E-state index is 11.5. The van der Waals surface area contributed by atoms with E-state index in [9.17, 15) is 13.5 Å². The summed E-state index contributed by atoms with van der Waals surface area (Å²) >= 11 is 0. The molecule has 1 aliphatic rings. The van der Waals surface area contributed by atoms with E-state index in [4.69, 9.17) is 9.47 Å². The summed E-state index contributed by atoms with van der Waals surface area (Å²) in [6, 6.07) is 11.0. The molecule has 0 amide bonds. The Morgan fingerprint density at radius 2 is 1.97 bits per heavy atom. The van der Waals surface area contributed by atoms with Gasteiger partial charge in [0.2, 0.25) is 10.0 Å². The zero-order chi connectivity index (χ0) is 23.4. The molecule has 178 valence electrons. The second kappa shape index (κ2) is 10.0. The van der Waals surface area contributed by atoms with Gasteiger partial charge in [-0.05, 0) is 61.1 Å². The largest absolute Gasteiger partial charge is 0.506 e. The highest BCUT2D eigenvalue weighted by molar-refractivity contribution is 7.92. The van der Waals surface area contributed by atoms with Crippen molar-refractivity contribution in [1.29, 1.82) is 0 Å². The molecule has 33 heavy (non-hydrogen) atoms. The van der Waals surface area contributed by atoms with Crippen molar-refractivity contribution in [3.63, 3.8) is 0 Å². The summed E-state index contributed by atoms with van der Waals surface area (Å²) in [5, 5.41) is 14.5. The van der Waals surface area contributed by atoms with Gasteiger partial charge in [-0.1, -0.05) is 6.07 Å². The average molecular weight is 474 g/mol. The minimum absolute atomic E-state index is 0.127. The predicted octanol–water partition coefficient (Wildman–Crippen LogP) is 3.48. The summed E-state index contributed by atoms with van der Waals surface area (Å²) in [4.78, 5) is 3.55. The maximum absolute atomic E-state index is 11.5. The molecule has 1 aliphatic carbocycles. The fourth-order valence-electron chi connectivity index (χ4n) is 4.33. The molecule has 4 rings (SSSR count). The minimum Gasteiger partial charge on any atom is -0.506 e. The molecule has 0 saturated heterocycles. The highest BCUT2D eigenvalue weighted by Crippen LogP contribution is 2.31. The molecule has 0 radical (unpaired) electrons. The van der Waals surface area contributed by atoms with Crippen LogP contribution in [-0.4, -0.2) is 51.6 Å². The van der Waals surface area contributed by atoms with Crippen molar-refractivity contribution in [2.75, 3.05) is 37.8 Å². The second-order valence-corrected chi connectivity index (χ2v) is 10.2. The molecule has 0 spiro atoms. The lowest BCUT2D eigenvalue weighted by Crippen LogP contribution is -2.27. The van der Waals surface area contributed by atoms with Gasteiger partial charge in [0.15, 0.2) is 0 Å². The number of fused-ring (bicyclic) bond motifs is 3. The zero-order valence-corrected chi connectivity index (χ0v) is 19.8. The van der Waals surface area contributed by atoms with Gasteiger partial charge in [0.1, 0.15) is 18.1 Å². The van der Waals surface area contributed by atoms with E-state index in [1.54, 1.807) is 19.2 Å². The van der Waals surface area contributed by atoms with Crippen LogP contribution >= 0.6 is 0 Å². The van der Waals surface area contributed by atoms with Crippen molar-refractivity contribution in [3.05, 3.63) is 53.2 Å². The van der Waals surface area contributed by atoms with Gasteiger partial charge in [0, 0.05) is 42.9 Å². The second-order valence-electron chi connectivity index (χ2n) is 8.42. The average Bonchev–Trinajstić information content (AvgIpc) is 3.15. The van der Waals surface area contributed by atoms with Gasteiger partial charge >= 0.3 is 0 Å². The predicted molar refractivity (Wildman–Crippen MR) is 130 cm³/mol. The Morgan fingerprint density at radius 1 is 1.15 bits per heavy atom. The number of ether oxygens (including phenoxy) is 2. The molecule has 4 N–H and O–H groups in total. The SMILES string of the molecule is COC(CNCCOc1ccc2c3c([nH]c2c1)CCCC3)c1ccc(O)c(NS(C)(=O)=O)c1. The van der Waals surface area contributed by atoms with Gasteiger partial charge in [-0.2, -0.15) is 0 Å². The molecule has 9 heteroatoms. The number of aryl methyl sites for hydroxylation is 2. The molecular formula is C24H31N3O5S. The molecule has 0 saturated carbocycles. The molecule has 1 heterocycles. The Bertz CT molecular complexity index is 1220. The lowest BCUT2D eigenvalue weighted by atomic mass is 9.96. The van der Waals surface area contributed by atoms with Crippen molar-refractivity contribution in [2.45, 2.75) is 31.8 Å². The van der Waals surface area contributed by atoms with Crippen LogP contribution in [0, 0.1) is 0 Å². The molecule has 1 unspecified atom stereocenters. The van der Waals surface area contributed by atoms with Gasteiger partial charge in [0.25, 0.3) is 0 Å². The topological polar surface area (TPSA) is 113 Å². The van der Waals surface area contributed by atoms with Crippen LogP contribution in [0.15, 0.2) is 36.4 Å². The summed E-state index contributed by atoms with van der Waals surface area (Å²) in [6.45, 7) is 1.62. The molecule has 2 aromatic carbocycles. The third-order valence-electron chi connectivity index (χ3n) is 5.92. The van der Waals surface area contributed by atoms with Crippen molar-refractivity contribution in [1.82, 2.24) is 10.3 Å². The van der Waals surface area contributed by atoms with Gasteiger partial charge in [-0.25, -0.2) is 8.42 Å². The Labute approximate surface area is 194 Å². The standard InChI is InChI=1S/C24H31N3O5S/c1-31-24(16-7-10-23(28)22(13-16)27-33(2,29)30)15-25-11-12-32-17-8-9-19-18-5-3-4-6-20(18)26-21(19)14-17/h7-10,13-14,24-28H,3-6,11-12,15H2,1-2H3. The van der Waals surface area contributed by atoms with E-state index >= 15 is 0 Å². The first kappa shape index (κ1) is 23.4. The number of sulfonamides is 1. The Morgan fingerprint density at radius 3 is 2.76 bits per heavy atom. The van der Waals surface area contributed by atoms with Crippen LogP contribution < -0.4 is 14.8 Å². The first-order chi connectivity index (χ1) is 15.8. The van der Waals surface area contributed by atoms with E-state index in [-0.39, 0.29) is 17.5 Å².